The van der Waals surface area contributed by atoms with E-state index >= 15 is 0 Å². The second-order valence-electron chi connectivity index (χ2n) is 9.87. The average Bonchev–Trinajstić information content (AvgIpc) is 3.35. The molecule has 0 saturated carbocycles. The number of amides is 2. The van der Waals surface area contributed by atoms with Crippen molar-refractivity contribution >= 4 is 34.8 Å². The van der Waals surface area contributed by atoms with Gasteiger partial charge >= 0.3 is 0 Å². The number of nitrogens with one attached hydrogen (secondary N) is 2. The minimum absolute atomic E-state index is 0.0305. The first-order valence-electron chi connectivity index (χ1n) is 13.5. The van der Waals surface area contributed by atoms with Gasteiger partial charge in [0.25, 0.3) is 5.91 Å². The van der Waals surface area contributed by atoms with Crippen LogP contribution in [0.4, 0.5) is 17.1 Å². The summed E-state index contributed by atoms with van der Waals surface area (Å²) in [5, 5.41) is 3.44. The number of aliphatic imine (C=N–C) groups is 1. The molecule has 0 saturated heterocycles. The first kappa shape index (κ1) is 27.0. The van der Waals surface area contributed by atoms with Gasteiger partial charge in [-0.1, -0.05) is 42.5 Å². The highest BCUT2D eigenvalue weighted by Crippen LogP contribution is 2.30. The largest absolute Gasteiger partial charge is 0.494 e. The molecule has 0 aliphatic carbocycles. The third kappa shape index (κ3) is 6.02. The fraction of sp³-hybridized carbons (Fsp3) is 0.300. The Labute approximate surface area is 234 Å². The molecular formula is C30H35N7O3. The lowest BCUT2D eigenvalue weighted by atomic mass is 10.1. The summed E-state index contributed by atoms with van der Waals surface area (Å²) in [6.07, 6.45) is 1.88. The normalized spacial score (nSPS) is 13.8. The van der Waals surface area contributed by atoms with Crippen molar-refractivity contribution in [3.05, 3.63) is 83.4 Å². The van der Waals surface area contributed by atoms with E-state index in [0.717, 1.165) is 35.5 Å². The van der Waals surface area contributed by atoms with Gasteiger partial charge in [0.1, 0.15) is 12.3 Å². The highest BCUT2D eigenvalue weighted by molar-refractivity contribution is 5.97. The van der Waals surface area contributed by atoms with Gasteiger partial charge in [0, 0.05) is 32.6 Å². The Hall–Kier alpha value is -4.57. The van der Waals surface area contributed by atoms with Crippen molar-refractivity contribution < 1.29 is 14.3 Å². The first-order valence-corrected chi connectivity index (χ1v) is 13.5. The SMILES string of the molecule is CNN(C(=O)CN1Cc2ccc(OCCCC(=O)NN3CCc4ccccc43)cc2N=C1N)c1ccccc1C. The lowest BCUT2D eigenvalue weighted by molar-refractivity contribution is -0.121. The lowest BCUT2D eigenvalue weighted by Gasteiger charge is -2.30. The molecule has 208 valence electrons. The number of anilines is 2. The molecule has 3 aromatic rings. The van der Waals surface area contributed by atoms with Crippen LogP contribution in [-0.2, 0) is 22.6 Å². The van der Waals surface area contributed by atoms with Crippen LogP contribution in [0.3, 0.4) is 0 Å². The monoisotopic (exact) mass is 541 g/mol. The third-order valence-electron chi connectivity index (χ3n) is 7.10. The molecule has 2 aliphatic heterocycles. The van der Waals surface area contributed by atoms with Crippen LogP contribution in [0.5, 0.6) is 5.75 Å². The summed E-state index contributed by atoms with van der Waals surface area (Å²) in [5.74, 6) is 0.766. The smallest absolute Gasteiger partial charge is 0.260 e. The van der Waals surface area contributed by atoms with Crippen molar-refractivity contribution in [3.8, 4) is 5.75 Å². The van der Waals surface area contributed by atoms with E-state index in [1.165, 1.54) is 10.6 Å². The predicted octanol–water partition coefficient (Wildman–Crippen LogP) is 3.18. The summed E-state index contributed by atoms with van der Waals surface area (Å²) in [4.78, 5) is 31.8. The van der Waals surface area contributed by atoms with E-state index in [0.29, 0.717) is 37.4 Å². The Bertz CT molecular complexity index is 1420. The van der Waals surface area contributed by atoms with Gasteiger partial charge in [-0.05, 0) is 54.7 Å². The molecule has 0 spiro atoms. The lowest BCUT2D eigenvalue weighted by Crippen LogP contribution is -2.50. The van der Waals surface area contributed by atoms with Crippen molar-refractivity contribution in [3.63, 3.8) is 0 Å². The first-order chi connectivity index (χ1) is 19.4. The van der Waals surface area contributed by atoms with E-state index in [-0.39, 0.29) is 24.3 Å². The van der Waals surface area contributed by atoms with Crippen molar-refractivity contribution in [2.75, 3.05) is 36.8 Å². The molecule has 2 aliphatic rings. The summed E-state index contributed by atoms with van der Waals surface area (Å²) in [7, 11) is 1.72. The van der Waals surface area contributed by atoms with Crippen LogP contribution < -0.4 is 31.3 Å². The van der Waals surface area contributed by atoms with E-state index in [4.69, 9.17) is 10.5 Å². The topological polar surface area (TPSA) is 116 Å². The van der Waals surface area contributed by atoms with Gasteiger partial charge in [0.05, 0.1) is 23.7 Å². The second kappa shape index (κ2) is 12.1. The van der Waals surface area contributed by atoms with Gasteiger partial charge in [-0.3, -0.25) is 20.0 Å². The van der Waals surface area contributed by atoms with Crippen LogP contribution in [0.25, 0.3) is 0 Å². The molecular weight excluding hydrogens is 506 g/mol. The molecule has 3 aromatic carbocycles. The van der Waals surface area contributed by atoms with Gasteiger partial charge in [0.2, 0.25) is 5.91 Å². The highest BCUT2D eigenvalue weighted by Gasteiger charge is 2.24. The van der Waals surface area contributed by atoms with E-state index in [1.807, 2.05) is 72.6 Å². The maximum absolute atomic E-state index is 13.1. The zero-order valence-electron chi connectivity index (χ0n) is 22.9. The Morgan fingerprint density at radius 2 is 1.88 bits per heavy atom. The van der Waals surface area contributed by atoms with Gasteiger partial charge in [-0.2, -0.15) is 0 Å². The number of fused-ring (bicyclic) bond motifs is 2. The fourth-order valence-corrected chi connectivity index (χ4v) is 5.00. The second-order valence-corrected chi connectivity index (χ2v) is 9.87. The van der Waals surface area contributed by atoms with Crippen molar-refractivity contribution in [1.82, 2.24) is 15.8 Å². The molecule has 0 aromatic heterocycles. The maximum Gasteiger partial charge on any atom is 0.260 e. The summed E-state index contributed by atoms with van der Waals surface area (Å²) in [5.41, 5.74) is 18.0. The predicted molar refractivity (Wildman–Crippen MR) is 156 cm³/mol. The Morgan fingerprint density at radius 1 is 1.07 bits per heavy atom. The number of nitrogens with two attached hydrogens (primary N) is 1. The zero-order valence-corrected chi connectivity index (χ0v) is 22.9. The Balaban J connectivity index is 1.11. The molecule has 5 rings (SSSR count). The summed E-state index contributed by atoms with van der Waals surface area (Å²) in [6, 6.07) is 21.5. The van der Waals surface area contributed by atoms with Crippen molar-refractivity contribution in [2.24, 2.45) is 10.7 Å². The van der Waals surface area contributed by atoms with E-state index in [2.05, 4.69) is 21.9 Å². The summed E-state index contributed by atoms with van der Waals surface area (Å²) < 4.78 is 5.90. The number of carbonyl (C=O) groups excluding carboxylic acids is 2. The maximum atomic E-state index is 13.1. The van der Waals surface area contributed by atoms with E-state index in [1.54, 1.807) is 11.9 Å². The Kier molecular flexibility index (Phi) is 8.16. The molecule has 10 nitrogen and oxygen atoms in total. The van der Waals surface area contributed by atoms with Crippen LogP contribution >= 0.6 is 0 Å². The Morgan fingerprint density at radius 3 is 2.70 bits per heavy atom. The number of carbonyl (C=O) groups is 2. The number of hydrazine groups is 2. The van der Waals surface area contributed by atoms with Crippen LogP contribution in [0.2, 0.25) is 0 Å². The minimum atomic E-state index is -0.142. The number of para-hydroxylation sites is 2. The third-order valence-corrected chi connectivity index (χ3v) is 7.10. The van der Waals surface area contributed by atoms with Crippen LogP contribution in [0, 0.1) is 6.92 Å². The number of rotatable bonds is 10. The minimum Gasteiger partial charge on any atom is -0.494 e. The molecule has 0 bridgehead atoms. The number of hydrogen-bond acceptors (Lipinski definition) is 8. The van der Waals surface area contributed by atoms with E-state index in [9.17, 15) is 9.59 Å². The summed E-state index contributed by atoms with van der Waals surface area (Å²) >= 11 is 0. The highest BCUT2D eigenvalue weighted by atomic mass is 16.5. The number of nitrogens with zero attached hydrogens (tertiary/aromatic N) is 4. The van der Waals surface area contributed by atoms with Gasteiger partial charge < -0.3 is 15.4 Å². The van der Waals surface area contributed by atoms with E-state index < -0.39 is 0 Å². The molecule has 0 unspecified atom stereocenters. The van der Waals surface area contributed by atoms with Gasteiger partial charge in [0.15, 0.2) is 5.96 Å². The van der Waals surface area contributed by atoms with Crippen LogP contribution in [0.15, 0.2) is 71.7 Å². The van der Waals surface area contributed by atoms with Gasteiger partial charge in [-0.25, -0.2) is 15.4 Å². The van der Waals surface area contributed by atoms with Crippen LogP contribution in [-0.4, -0.2) is 49.4 Å². The molecule has 40 heavy (non-hydrogen) atoms. The molecule has 2 heterocycles. The van der Waals surface area contributed by atoms with Crippen LogP contribution in [0.1, 0.15) is 29.5 Å². The number of aryl methyl sites for hydroxylation is 1. The standard InChI is InChI=1S/C30H35N7O3/c1-21-8-3-5-10-26(21)37(32-2)29(39)20-35-19-23-13-14-24(18-25(23)33-30(35)31)40-17-7-12-28(38)34-36-16-15-22-9-4-6-11-27(22)36/h3-6,8-11,13-14,18,32H,7,12,15-17,19-20H2,1-2H3,(H2,31,33)(H,34,38). The number of ether oxygens (including phenoxy) is 1. The zero-order chi connectivity index (χ0) is 28.1. The summed E-state index contributed by atoms with van der Waals surface area (Å²) in [6.45, 7) is 3.69. The molecule has 0 radical (unpaired) electrons. The molecule has 0 fully saturated rings. The number of benzene rings is 3. The fourth-order valence-electron chi connectivity index (χ4n) is 5.00. The molecule has 2 amide bonds. The molecule has 10 heteroatoms. The van der Waals surface area contributed by atoms with Gasteiger partial charge in [-0.15, -0.1) is 0 Å². The number of hydrogen-bond donors (Lipinski definition) is 3. The molecule has 0 atom stereocenters. The quantitative estimate of drug-likeness (QED) is 0.267. The average molecular weight is 542 g/mol. The molecule has 4 N–H and O–H groups in total. The van der Waals surface area contributed by atoms with Crippen molar-refractivity contribution in [1.29, 1.82) is 0 Å². The number of guanidine groups is 1. The van der Waals surface area contributed by atoms with Crippen molar-refractivity contribution in [2.45, 2.75) is 32.7 Å².